The van der Waals surface area contributed by atoms with Crippen molar-refractivity contribution < 1.29 is 4.57 Å². The van der Waals surface area contributed by atoms with Crippen LogP contribution in [-0.4, -0.2) is 4.98 Å². The maximum atomic E-state index is 15.0. The Bertz CT molecular complexity index is 1860. The smallest absolute Gasteiger partial charge is 0.171 e. The molecular weight excluding hydrogens is 531 g/mol. The molecule has 0 bridgehead atoms. The van der Waals surface area contributed by atoms with Gasteiger partial charge < -0.3 is 9.46 Å². The second-order valence-corrected chi connectivity index (χ2v) is 14.0. The first-order valence-corrected chi connectivity index (χ1v) is 16.0. The lowest BCUT2D eigenvalue weighted by atomic mass is 9.73. The van der Waals surface area contributed by atoms with E-state index in [4.69, 9.17) is 4.98 Å². The summed E-state index contributed by atoms with van der Waals surface area (Å²) in [5.41, 5.74) is 7.65. The summed E-state index contributed by atoms with van der Waals surface area (Å²) in [6.45, 7) is 4.59. The molecule has 0 radical (unpaired) electrons. The first-order chi connectivity index (χ1) is 20.5. The maximum Gasteiger partial charge on any atom is 0.171 e. The molecule has 0 saturated carbocycles. The number of hydrogen-bond donors (Lipinski definition) is 0. The average molecular weight is 563 g/mol. The Morgan fingerprint density at radius 1 is 0.571 bits per heavy atom. The molecule has 5 aromatic carbocycles. The van der Waals surface area contributed by atoms with Crippen LogP contribution in [0.25, 0.3) is 11.3 Å². The van der Waals surface area contributed by atoms with Crippen LogP contribution >= 0.6 is 7.14 Å². The topological polar surface area (TPSA) is 33.2 Å². The number of anilines is 3. The van der Waals surface area contributed by atoms with Crippen molar-refractivity contribution >= 4 is 40.1 Å². The summed E-state index contributed by atoms with van der Waals surface area (Å²) < 4.78 is 15.0. The van der Waals surface area contributed by atoms with Gasteiger partial charge in [-0.1, -0.05) is 123 Å². The minimum Gasteiger partial charge on any atom is -0.310 e. The van der Waals surface area contributed by atoms with Crippen LogP contribution in [0.1, 0.15) is 25.0 Å². The molecule has 0 spiro atoms. The molecule has 0 fully saturated rings. The van der Waals surface area contributed by atoms with Gasteiger partial charge in [-0.2, -0.15) is 0 Å². The molecular formula is C38H31N2OP. The Morgan fingerprint density at radius 3 is 1.71 bits per heavy atom. The van der Waals surface area contributed by atoms with Crippen molar-refractivity contribution in [3.63, 3.8) is 0 Å². The molecule has 4 heteroatoms. The molecule has 204 valence electrons. The lowest BCUT2D eigenvalue weighted by Gasteiger charge is -2.42. The number of benzene rings is 5. The van der Waals surface area contributed by atoms with Gasteiger partial charge in [0.15, 0.2) is 7.14 Å². The monoisotopic (exact) mass is 562 g/mol. The molecule has 1 aliphatic heterocycles. The number of hydrogen-bond acceptors (Lipinski definition) is 3. The van der Waals surface area contributed by atoms with E-state index in [1.807, 2.05) is 72.8 Å². The molecule has 7 rings (SSSR count). The predicted molar refractivity (Wildman–Crippen MR) is 176 cm³/mol. The standard InChI is InChI=1S/C38H31N2OP/c1-38(2)33-20-9-11-22-36(33)40(37-23-12-10-21-34(37)38)29-15-13-14-28(26-29)35-27-32(24-25-39-35)42(41,30-16-5-3-6-17-30)31-18-7-4-8-19-31/h3-27H,1-2H3. The van der Waals surface area contributed by atoms with E-state index < -0.39 is 7.14 Å². The summed E-state index contributed by atoms with van der Waals surface area (Å²) in [5, 5.41) is 2.39. The van der Waals surface area contributed by atoms with Gasteiger partial charge in [-0.25, -0.2) is 0 Å². The number of nitrogens with zero attached hydrogens (tertiary/aromatic N) is 2. The Labute approximate surface area is 247 Å². The first kappa shape index (κ1) is 26.2. The van der Waals surface area contributed by atoms with Gasteiger partial charge in [0.2, 0.25) is 0 Å². The first-order valence-electron chi connectivity index (χ1n) is 14.3. The number of fused-ring (bicyclic) bond motifs is 2. The number of aromatic nitrogens is 1. The van der Waals surface area contributed by atoms with Gasteiger partial charge in [-0.3, -0.25) is 4.98 Å². The molecule has 1 aromatic heterocycles. The van der Waals surface area contributed by atoms with E-state index in [2.05, 4.69) is 91.5 Å². The molecule has 0 N–H and O–H groups in total. The Balaban J connectivity index is 1.37. The summed E-state index contributed by atoms with van der Waals surface area (Å²) in [6.07, 6.45) is 1.78. The van der Waals surface area contributed by atoms with E-state index in [1.165, 1.54) is 22.5 Å². The Morgan fingerprint density at radius 2 is 1.12 bits per heavy atom. The summed E-state index contributed by atoms with van der Waals surface area (Å²) >= 11 is 0. The lowest BCUT2D eigenvalue weighted by molar-refractivity contribution is 0.592. The van der Waals surface area contributed by atoms with Crippen LogP contribution in [0.3, 0.4) is 0 Å². The zero-order valence-electron chi connectivity index (χ0n) is 23.7. The van der Waals surface area contributed by atoms with E-state index >= 15 is 4.57 Å². The average Bonchev–Trinajstić information content (AvgIpc) is 3.06. The van der Waals surface area contributed by atoms with Crippen LogP contribution in [0.15, 0.2) is 152 Å². The van der Waals surface area contributed by atoms with E-state index in [9.17, 15) is 0 Å². The van der Waals surface area contributed by atoms with Gasteiger partial charge in [-0.15, -0.1) is 0 Å². The van der Waals surface area contributed by atoms with Gasteiger partial charge in [0.05, 0.1) is 17.1 Å². The van der Waals surface area contributed by atoms with Crippen LogP contribution < -0.4 is 20.8 Å². The van der Waals surface area contributed by atoms with Crippen molar-refractivity contribution in [2.24, 2.45) is 0 Å². The third-order valence-electron chi connectivity index (χ3n) is 8.38. The van der Waals surface area contributed by atoms with Gasteiger partial charge >= 0.3 is 0 Å². The minimum atomic E-state index is -3.11. The van der Waals surface area contributed by atoms with E-state index in [0.717, 1.165) is 32.9 Å². The molecule has 0 saturated heterocycles. The van der Waals surface area contributed by atoms with Crippen LogP contribution in [0.2, 0.25) is 0 Å². The molecule has 0 unspecified atom stereocenters. The second kappa shape index (κ2) is 10.3. The van der Waals surface area contributed by atoms with E-state index in [1.54, 1.807) is 6.20 Å². The van der Waals surface area contributed by atoms with Crippen LogP contribution in [0, 0.1) is 0 Å². The second-order valence-electron chi connectivity index (χ2n) is 11.2. The number of para-hydroxylation sites is 2. The van der Waals surface area contributed by atoms with Crippen LogP contribution in [0.4, 0.5) is 17.1 Å². The SMILES string of the molecule is CC1(C)c2ccccc2N(c2cccc(-c3cc(P(=O)(c4ccccc4)c4ccccc4)ccn3)c2)c2ccccc21. The molecule has 6 aromatic rings. The summed E-state index contributed by atoms with van der Waals surface area (Å²) in [7, 11) is -3.11. The normalized spacial score (nSPS) is 13.7. The lowest BCUT2D eigenvalue weighted by Crippen LogP contribution is -2.30. The van der Waals surface area contributed by atoms with Crippen molar-refractivity contribution in [2.45, 2.75) is 19.3 Å². The maximum absolute atomic E-state index is 15.0. The van der Waals surface area contributed by atoms with Crippen molar-refractivity contribution in [2.75, 3.05) is 4.90 Å². The highest BCUT2D eigenvalue weighted by Crippen LogP contribution is 2.52. The highest BCUT2D eigenvalue weighted by molar-refractivity contribution is 7.85. The summed E-state index contributed by atoms with van der Waals surface area (Å²) in [6, 6.07) is 49.3. The molecule has 0 atom stereocenters. The molecule has 42 heavy (non-hydrogen) atoms. The minimum absolute atomic E-state index is 0.118. The zero-order chi connectivity index (χ0) is 28.7. The van der Waals surface area contributed by atoms with Gasteiger partial charge in [0.25, 0.3) is 0 Å². The zero-order valence-corrected chi connectivity index (χ0v) is 24.6. The van der Waals surface area contributed by atoms with Crippen molar-refractivity contribution in [3.05, 3.63) is 163 Å². The number of rotatable bonds is 5. The largest absolute Gasteiger partial charge is 0.310 e. The molecule has 2 heterocycles. The van der Waals surface area contributed by atoms with E-state index in [-0.39, 0.29) is 5.41 Å². The quantitative estimate of drug-likeness (QED) is 0.198. The van der Waals surface area contributed by atoms with Crippen molar-refractivity contribution in [1.29, 1.82) is 0 Å². The van der Waals surface area contributed by atoms with Gasteiger partial charge in [0, 0.05) is 38.8 Å². The summed E-state index contributed by atoms with van der Waals surface area (Å²) in [4.78, 5) is 7.12. The third-order valence-corrected chi connectivity index (χ3v) is 11.4. The molecule has 0 amide bonds. The summed E-state index contributed by atoms with van der Waals surface area (Å²) in [5.74, 6) is 0. The molecule has 0 aliphatic carbocycles. The van der Waals surface area contributed by atoms with Crippen LogP contribution in [0.5, 0.6) is 0 Å². The van der Waals surface area contributed by atoms with Crippen LogP contribution in [-0.2, 0) is 9.98 Å². The Kier molecular flexibility index (Phi) is 6.41. The third kappa shape index (κ3) is 4.21. The van der Waals surface area contributed by atoms with Gasteiger partial charge in [-0.05, 0) is 47.5 Å². The highest BCUT2D eigenvalue weighted by Gasteiger charge is 2.36. The predicted octanol–water partition coefficient (Wildman–Crippen LogP) is 8.50. The fraction of sp³-hybridized carbons (Fsp3) is 0.0789. The van der Waals surface area contributed by atoms with Crippen molar-refractivity contribution in [3.8, 4) is 11.3 Å². The highest BCUT2D eigenvalue weighted by atomic mass is 31.2. The molecule has 3 nitrogen and oxygen atoms in total. The number of pyridine rings is 1. The van der Waals surface area contributed by atoms with Gasteiger partial charge in [0.1, 0.15) is 0 Å². The molecule has 1 aliphatic rings. The van der Waals surface area contributed by atoms with E-state index in [0.29, 0.717) is 0 Å². The fourth-order valence-electron chi connectivity index (χ4n) is 6.25. The Hall–Kier alpha value is -4.72. The van der Waals surface area contributed by atoms with Crippen molar-refractivity contribution in [1.82, 2.24) is 4.98 Å². The fourth-order valence-corrected chi connectivity index (χ4v) is 8.91.